The van der Waals surface area contributed by atoms with Crippen molar-refractivity contribution in [2.75, 3.05) is 5.01 Å². The predicted octanol–water partition coefficient (Wildman–Crippen LogP) is 17.2. The van der Waals surface area contributed by atoms with Crippen LogP contribution in [0, 0.1) is 10.1 Å². The molecule has 0 fully saturated rings. The Kier molecular flexibility index (Phi) is 2.36. The Morgan fingerprint density at radius 1 is 0.324 bits per heavy atom. The maximum atomic E-state index is 15.2. The molecule has 6 heteroatoms. The van der Waals surface area contributed by atoms with Crippen LogP contribution in [0.1, 0.15) is 22.3 Å². The van der Waals surface area contributed by atoms with Gasteiger partial charge in [-0.2, -0.15) is 5.10 Å². The van der Waals surface area contributed by atoms with Crippen LogP contribution < -0.4 is 5.01 Å². The van der Waals surface area contributed by atoms with E-state index < -0.39 is 11.0 Å². The van der Waals surface area contributed by atoms with Gasteiger partial charge < -0.3 is 0 Å². The second kappa shape index (κ2) is 6.29. The van der Waals surface area contributed by atoms with Crippen LogP contribution in [0.4, 0.5) is 11.4 Å². The van der Waals surface area contributed by atoms with Crippen molar-refractivity contribution in [3.63, 3.8) is 0 Å². The third-order valence-corrected chi connectivity index (χ3v) is 25.6. The Bertz CT molecular complexity index is 7510. The summed E-state index contributed by atoms with van der Waals surface area (Å²) in [5.41, 5.74) is 4.83. The zero-order valence-electron chi connectivity index (χ0n) is 37.0. The van der Waals surface area contributed by atoms with Crippen molar-refractivity contribution in [2.24, 2.45) is 5.10 Å². The molecule has 0 saturated carbocycles. The highest BCUT2D eigenvalue weighted by Crippen LogP contribution is 2.85. The summed E-state index contributed by atoms with van der Waals surface area (Å²) in [6.45, 7) is 0. The van der Waals surface area contributed by atoms with Crippen molar-refractivity contribution in [3.8, 4) is 0 Å². The molecule has 310 valence electrons. The van der Waals surface area contributed by atoms with Crippen LogP contribution in [0.5, 0.6) is 0 Å². The smallest absolute Gasteiger partial charge is 0.269 e. The number of carbonyl (C=O) groups excluding carboxylic acids is 1. The molecule has 1 aliphatic heterocycles. The van der Waals surface area contributed by atoms with Crippen LogP contribution in [0.3, 0.4) is 0 Å². The molecule has 0 N–H and O–H groups in total. The summed E-state index contributed by atoms with van der Waals surface area (Å²) in [4.78, 5) is 27.4. The number of rotatable bonds is 3. The van der Waals surface area contributed by atoms with E-state index in [9.17, 15) is 10.1 Å². The minimum absolute atomic E-state index is 0.0561. The van der Waals surface area contributed by atoms with Crippen LogP contribution in [-0.2, 0) is 15.7 Å². The zero-order valence-corrected chi connectivity index (χ0v) is 37.0. The first-order chi connectivity index (χ1) is 36.7. The van der Waals surface area contributed by atoms with E-state index in [1.807, 2.05) is 12.1 Å². The summed E-state index contributed by atoms with van der Waals surface area (Å²) in [7, 11) is 0. The van der Waals surface area contributed by atoms with Crippen LogP contribution in [0.15, 0.2) is 29.4 Å². The number of anilines is 1. The van der Waals surface area contributed by atoms with Crippen LogP contribution in [-0.4, -0.2) is 16.9 Å². The summed E-state index contributed by atoms with van der Waals surface area (Å²) < 4.78 is 0. The van der Waals surface area contributed by atoms with Crippen LogP contribution >= 0.6 is 0 Å². The predicted molar refractivity (Wildman–Crippen MR) is 303 cm³/mol. The molecule has 74 heavy (non-hydrogen) atoms. The van der Waals surface area contributed by atoms with E-state index in [-0.39, 0.29) is 10.6 Å². The van der Waals surface area contributed by atoms with Gasteiger partial charge in [-0.1, -0.05) is 0 Å². The number of nitro groups is 1. The molecular formula is C68H5N3O3. The molecule has 0 bridgehead atoms. The maximum Gasteiger partial charge on any atom is 0.269 e. The first-order valence-corrected chi connectivity index (χ1v) is 26.6. The molecule has 1 heterocycles. The van der Waals surface area contributed by atoms with Gasteiger partial charge in [0.15, 0.2) is 6.29 Å². The van der Waals surface area contributed by atoms with Gasteiger partial charge in [0.05, 0.1) is 10.6 Å². The average Bonchev–Trinajstić information content (AvgIpc) is 2.57. The maximum absolute atomic E-state index is 15.2. The molecule has 29 aromatic rings. The number of nitrogens with zero attached hydrogens (tertiary/aromatic N) is 3. The molecular weight excluding hydrogens is 907 g/mol. The molecule has 29 aromatic carbocycles. The van der Waals surface area contributed by atoms with Crippen LogP contribution in [0.2, 0.25) is 0 Å². The lowest BCUT2D eigenvalue weighted by atomic mass is 9.51. The number of carbonyl (C=O) groups is 1. The van der Waals surface area contributed by atoms with Gasteiger partial charge in [-0.25, -0.2) is 5.01 Å². The normalized spacial score (nSPS) is 21.8. The fraction of sp³-hybridized carbons (Fsp3) is 0.0294. The number of benzene rings is 19. The van der Waals surface area contributed by atoms with E-state index in [1.165, 1.54) is 244 Å². The Balaban J connectivity index is 1.13. The third-order valence-electron chi connectivity index (χ3n) is 25.6. The molecule has 0 unspecified atom stereocenters. The van der Waals surface area contributed by atoms with Gasteiger partial charge in [0.1, 0.15) is 16.7 Å². The first-order valence-electron chi connectivity index (χ1n) is 26.6. The van der Waals surface area contributed by atoms with E-state index in [1.54, 1.807) is 87.5 Å². The lowest BCUT2D eigenvalue weighted by Gasteiger charge is -2.52. The van der Waals surface area contributed by atoms with Gasteiger partial charge in [-0.15, -0.1) is 0 Å². The highest BCUT2D eigenvalue weighted by molar-refractivity contribution is 6.82. The van der Waals surface area contributed by atoms with Crippen molar-refractivity contribution in [2.45, 2.75) is 11.0 Å². The topological polar surface area (TPSA) is 75.8 Å². The highest BCUT2D eigenvalue weighted by atomic mass is 16.6. The number of aldehydes is 1. The summed E-state index contributed by atoms with van der Waals surface area (Å²) in [5, 5.41) is 102. The lowest BCUT2D eigenvalue weighted by molar-refractivity contribution is -0.384. The third kappa shape index (κ3) is 1.46. The summed E-state index contributed by atoms with van der Waals surface area (Å²) in [6.07, 6.45) is 1.17. The van der Waals surface area contributed by atoms with E-state index >= 15 is 4.79 Å². The van der Waals surface area contributed by atoms with E-state index in [2.05, 4.69) is 5.01 Å². The monoisotopic (exact) mass is 911 g/mol. The minimum Gasteiger partial charge on any atom is -0.296 e. The Hall–Kier alpha value is -9.78. The largest absolute Gasteiger partial charge is 0.296 e. The summed E-state index contributed by atoms with van der Waals surface area (Å²) in [5.74, 6) is 0. The SMILES string of the molecule is O=CC1=NN(c2ccc([N+](=O)[O-])cc2)C23c4c5c6c7c8c9c(c%10c%11c2c2c4c4c%12c5c5c6c6c8c8c%13c9c9c%10c%10c%11c%11c2c2c4c4c%12c%12c5c5c6c8c6c8c%13c9c9c%10c%10c%11c2c2c4c4c%12c5c6c5c8c9c%10c2c45)C173. The molecule has 5 aliphatic rings. The molecule has 0 radical (unpaired) electrons. The molecule has 0 atom stereocenters. The molecule has 0 amide bonds. The fourth-order valence-corrected chi connectivity index (χ4v) is 25.4. The number of hydrazone groups is 1. The summed E-state index contributed by atoms with van der Waals surface area (Å²) in [6, 6.07) is 7.21. The Morgan fingerprint density at radius 2 is 0.527 bits per heavy atom. The quantitative estimate of drug-likeness (QED) is 0.0766. The van der Waals surface area contributed by atoms with Crippen LogP contribution in [0.25, 0.3) is 291 Å². The standard InChI is InChI=1S/C68H5N3O3/c72-5-8-67-63-55-47-37-27-19-11-9-10-13-17-15(11)23-31-25(17)35-29-21(13)22-14(10)18-16-12(9)20(19)28-34-24(16)32-26(18)36-30(22)40-39(29)51-45(35)53-43(31)49(41(47)33(23)27)57(63)59(53)65-61(51)62-52(40)46(36)54-44(32)50-42(34)48(38(28)37)56(55)64(67)58(50)60(54)66(62)68(65,67)70(69-8)6-1-3-7(4-2-6)71(73)74/h1-5H. The van der Waals surface area contributed by atoms with Crippen molar-refractivity contribution in [3.05, 3.63) is 56.6 Å². The van der Waals surface area contributed by atoms with Gasteiger partial charge in [0.25, 0.3) is 5.69 Å². The van der Waals surface area contributed by atoms with E-state index in [4.69, 9.17) is 5.10 Å². The average molecular weight is 912 g/mol. The van der Waals surface area contributed by atoms with Gasteiger partial charge in [0, 0.05) is 23.3 Å². The molecule has 0 aromatic heterocycles. The second-order valence-corrected chi connectivity index (χ2v) is 25.9. The highest BCUT2D eigenvalue weighted by Gasteiger charge is 2.76. The molecule has 0 saturated heterocycles. The van der Waals surface area contributed by atoms with Crippen molar-refractivity contribution >= 4 is 314 Å². The zero-order chi connectivity index (χ0) is 44.6. The molecule has 34 rings (SSSR count). The number of hydrogen-bond donors (Lipinski definition) is 0. The minimum atomic E-state index is -0.998. The van der Waals surface area contributed by atoms with Crippen molar-refractivity contribution in [1.82, 2.24) is 0 Å². The van der Waals surface area contributed by atoms with Crippen molar-refractivity contribution < 1.29 is 9.72 Å². The molecule has 4 aliphatic carbocycles. The van der Waals surface area contributed by atoms with Crippen molar-refractivity contribution in [1.29, 1.82) is 0 Å². The first kappa shape index (κ1) is 27.7. The molecule has 2 spiro atoms. The van der Waals surface area contributed by atoms with E-state index in [0.29, 0.717) is 5.71 Å². The van der Waals surface area contributed by atoms with Gasteiger partial charge >= 0.3 is 0 Å². The fourth-order valence-electron chi connectivity index (χ4n) is 25.4. The second-order valence-electron chi connectivity index (χ2n) is 25.9. The van der Waals surface area contributed by atoms with Gasteiger partial charge in [0.2, 0.25) is 0 Å². The van der Waals surface area contributed by atoms with E-state index in [0.717, 1.165) is 5.69 Å². The Labute approximate surface area is 399 Å². The van der Waals surface area contributed by atoms with Gasteiger partial charge in [-0.3, -0.25) is 14.9 Å². The Morgan fingerprint density at radius 3 is 0.730 bits per heavy atom. The molecule has 6 nitrogen and oxygen atoms in total. The lowest BCUT2D eigenvalue weighted by Crippen LogP contribution is -2.59. The number of nitro benzene ring substituents is 1. The summed E-state index contributed by atoms with van der Waals surface area (Å²) >= 11 is 0. The number of hydrogen-bond acceptors (Lipinski definition) is 5. The van der Waals surface area contributed by atoms with Gasteiger partial charge in [-0.05, 0) is 314 Å². The number of non-ortho nitro benzene ring substituents is 1.